The predicted octanol–water partition coefficient (Wildman–Crippen LogP) is 2.93. The SMILES string of the molecule is CC(C)(C)[Si](OC[C@@H]1C[C@@H]1OS(C)(=O)=O)(c1ccccc1)c1ccccc1. The molecule has 0 spiro atoms. The molecule has 6 heteroatoms. The average Bonchev–Trinajstić information content (AvgIpc) is 3.32. The smallest absolute Gasteiger partial charge is 0.264 e. The van der Waals surface area contributed by atoms with Crippen molar-refractivity contribution >= 4 is 28.8 Å². The van der Waals surface area contributed by atoms with E-state index in [1.165, 1.54) is 10.4 Å². The third-order valence-corrected chi connectivity index (χ3v) is 10.7. The van der Waals surface area contributed by atoms with E-state index >= 15 is 0 Å². The van der Waals surface area contributed by atoms with Crippen LogP contribution in [0.2, 0.25) is 5.04 Å². The Labute approximate surface area is 163 Å². The van der Waals surface area contributed by atoms with Crippen LogP contribution in [0.25, 0.3) is 0 Å². The molecule has 1 aliphatic carbocycles. The fourth-order valence-electron chi connectivity index (χ4n) is 3.73. The van der Waals surface area contributed by atoms with E-state index in [1.807, 2.05) is 12.1 Å². The predicted molar refractivity (Wildman–Crippen MR) is 111 cm³/mol. The molecular weight excluding hydrogens is 376 g/mol. The first-order valence-electron chi connectivity index (χ1n) is 9.27. The summed E-state index contributed by atoms with van der Waals surface area (Å²) < 4.78 is 34.7. The highest BCUT2D eigenvalue weighted by atomic mass is 32.2. The highest BCUT2D eigenvalue weighted by molar-refractivity contribution is 7.86. The van der Waals surface area contributed by atoms with E-state index in [0.717, 1.165) is 12.7 Å². The van der Waals surface area contributed by atoms with Gasteiger partial charge in [0.2, 0.25) is 0 Å². The Bertz CT molecular complexity index is 821. The van der Waals surface area contributed by atoms with Gasteiger partial charge in [0.05, 0.1) is 12.4 Å². The average molecular weight is 405 g/mol. The lowest BCUT2D eigenvalue weighted by Crippen LogP contribution is -2.66. The van der Waals surface area contributed by atoms with Crippen molar-refractivity contribution in [3.63, 3.8) is 0 Å². The summed E-state index contributed by atoms with van der Waals surface area (Å²) in [5.74, 6) is 0.126. The van der Waals surface area contributed by atoms with E-state index in [0.29, 0.717) is 6.61 Å². The molecule has 2 aromatic carbocycles. The van der Waals surface area contributed by atoms with Crippen molar-refractivity contribution in [1.29, 1.82) is 0 Å². The van der Waals surface area contributed by atoms with Crippen LogP contribution in [0.15, 0.2) is 60.7 Å². The molecule has 4 nitrogen and oxygen atoms in total. The summed E-state index contributed by atoms with van der Waals surface area (Å²) >= 11 is 0. The van der Waals surface area contributed by atoms with Crippen LogP contribution in [-0.2, 0) is 18.7 Å². The van der Waals surface area contributed by atoms with Crippen molar-refractivity contribution in [2.75, 3.05) is 12.9 Å². The van der Waals surface area contributed by atoms with Crippen molar-refractivity contribution in [3.05, 3.63) is 60.7 Å². The lowest BCUT2D eigenvalue weighted by atomic mass is 10.2. The maximum Gasteiger partial charge on any atom is 0.264 e. The standard InChI is InChI=1S/C21H28O4SSi/c1-21(2,3)27(18-11-7-5-8-12-18,19-13-9-6-10-14-19)24-16-17-15-20(17)25-26(4,22)23/h5-14,17,20H,15-16H2,1-4H3/t17-,20-/m0/s1. The van der Waals surface area contributed by atoms with Crippen LogP contribution in [0.3, 0.4) is 0 Å². The molecule has 0 unspecified atom stereocenters. The monoisotopic (exact) mass is 404 g/mol. The van der Waals surface area contributed by atoms with Crippen LogP contribution >= 0.6 is 0 Å². The van der Waals surface area contributed by atoms with Crippen LogP contribution < -0.4 is 10.4 Å². The van der Waals surface area contributed by atoms with E-state index in [1.54, 1.807) is 0 Å². The normalized spacial score (nSPS) is 20.4. The largest absolute Gasteiger partial charge is 0.407 e. The van der Waals surface area contributed by atoms with E-state index in [4.69, 9.17) is 8.61 Å². The highest BCUT2D eigenvalue weighted by Gasteiger charge is 2.52. The summed E-state index contributed by atoms with van der Waals surface area (Å²) in [6, 6.07) is 20.9. The molecule has 0 radical (unpaired) electrons. The van der Waals surface area contributed by atoms with E-state index in [-0.39, 0.29) is 17.1 Å². The van der Waals surface area contributed by atoms with E-state index < -0.39 is 18.4 Å². The lowest BCUT2D eigenvalue weighted by Gasteiger charge is -2.43. The molecule has 2 aromatic rings. The molecule has 3 rings (SSSR count). The van der Waals surface area contributed by atoms with Gasteiger partial charge in [-0.3, -0.25) is 4.18 Å². The number of hydrogen-bond donors (Lipinski definition) is 0. The summed E-state index contributed by atoms with van der Waals surface area (Å²) in [6.45, 7) is 7.21. The number of rotatable bonds is 7. The molecular formula is C21H28O4SSi. The van der Waals surface area contributed by atoms with Crippen LogP contribution in [0.1, 0.15) is 27.2 Å². The Kier molecular flexibility index (Phi) is 5.63. The molecule has 0 amide bonds. The second-order valence-corrected chi connectivity index (χ2v) is 14.2. The fraction of sp³-hybridized carbons (Fsp3) is 0.429. The minimum absolute atomic E-state index is 0.0855. The Hall–Kier alpha value is -1.47. The summed E-state index contributed by atoms with van der Waals surface area (Å²) in [4.78, 5) is 0. The van der Waals surface area contributed by atoms with Gasteiger partial charge in [-0.25, -0.2) is 0 Å². The zero-order valence-corrected chi connectivity index (χ0v) is 18.2. The van der Waals surface area contributed by atoms with Crippen LogP contribution in [0.5, 0.6) is 0 Å². The fourth-order valence-corrected chi connectivity index (χ4v) is 9.04. The molecule has 2 atom stereocenters. The van der Waals surface area contributed by atoms with Gasteiger partial charge in [0.25, 0.3) is 18.4 Å². The number of hydrogen-bond acceptors (Lipinski definition) is 4. The summed E-state index contributed by atoms with van der Waals surface area (Å²) in [5.41, 5.74) is 0. The Morgan fingerprint density at radius 2 is 1.44 bits per heavy atom. The Morgan fingerprint density at radius 3 is 1.85 bits per heavy atom. The van der Waals surface area contributed by atoms with Gasteiger partial charge in [0.15, 0.2) is 0 Å². The third kappa shape index (κ3) is 4.51. The first kappa shape index (κ1) is 20.3. The van der Waals surface area contributed by atoms with Gasteiger partial charge < -0.3 is 4.43 Å². The third-order valence-electron chi connectivity index (χ3n) is 5.09. The second-order valence-electron chi connectivity index (χ2n) is 8.31. The van der Waals surface area contributed by atoms with Gasteiger partial charge in [-0.15, -0.1) is 0 Å². The molecule has 0 aromatic heterocycles. The number of benzene rings is 2. The van der Waals surface area contributed by atoms with Gasteiger partial charge in [-0.05, 0) is 21.8 Å². The summed E-state index contributed by atoms with van der Waals surface area (Å²) in [7, 11) is -5.99. The van der Waals surface area contributed by atoms with Crippen LogP contribution in [-0.4, -0.2) is 35.7 Å². The summed E-state index contributed by atoms with van der Waals surface area (Å²) in [6.07, 6.45) is 1.58. The first-order valence-corrected chi connectivity index (χ1v) is 13.0. The molecule has 0 bridgehead atoms. The molecule has 0 saturated heterocycles. The zero-order chi connectivity index (χ0) is 19.7. The van der Waals surface area contributed by atoms with Crippen molar-refractivity contribution in [1.82, 2.24) is 0 Å². The molecule has 27 heavy (non-hydrogen) atoms. The van der Waals surface area contributed by atoms with E-state index in [9.17, 15) is 8.42 Å². The van der Waals surface area contributed by atoms with Crippen molar-refractivity contribution in [2.24, 2.45) is 5.92 Å². The van der Waals surface area contributed by atoms with Crippen LogP contribution in [0.4, 0.5) is 0 Å². The molecule has 0 N–H and O–H groups in total. The van der Waals surface area contributed by atoms with Gasteiger partial charge in [-0.1, -0.05) is 81.4 Å². The quantitative estimate of drug-likeness (QED) is 0.526. The van der Waals surface area contributed by atoms with E-state index in [2.05, 4.69) is 69.3 Å². The highest BCUT2D eigenvalue weighted by Crippen LogP contribution is 2.40. The van der Waals surface area contributed by atoms with Gasteiger partial charge in [0.1, 0.15) is 0 Å². The first-order chi connectivity index (χ1) is 12.6. The Morgan fingerprint density at radius 1 is 0.963 bits per heavy atom. The molecule has 1 fully saturated rings. The van der Waals surface area contributed by atoms with Gasteiger partial charge >= 0.3 is 0 Å². The Balaban J connectivity index is 1.93. The minimum atomic E-state index is -3.42. The minimum Gasteiger partial charge on any atom is -0.407 e. The summed E-state index contributed by atoms with van der Waals surface area (Å²) in [5, 5.41) is 2.37. The van der Waals surface area contributed by atoms with Crippen molar-refractivity contribution < 1.29 is 17.0 Å². The van der Waals surface area contributed by atoms with Crippen molar-refractivity contribution in [2.45, 2.75) is 38.3 Å². The van der Waals surface area contributed by atoms with Crippen LogP contribution in [0, 0.1) is 5.92 Å². The molecule has 146 valence electrons. The maximum absolute atomic E-state index is 11.4. The van der Waals surface area contributed by atoms with Gasteiger partial charge in [-0.2, -0.15) is 8.42 Å². The molecule has 1 aliphatic rings. The van der Waals surface area contributed by atoms with Crippen molar-refractivity contribution in [3.8, 4) is 0 Å². The second kappa shape index (κ2) is 7.51. The molecule has 0 heterocycles. The maximum atomic E-state index is 11.4. The molecule has 1 saturated carbocycles. The zero-order valence-electron chi connectivity index (χ0n) is 16.4. The lowest BCUT2D eigenvalue weighted by molar-refractivity contribution is 0.234. The molecule has 0 aliphatic heterocycles. The topological polar surface area (TPSA) is 52.6 Å². The van der Waals surface area contributed by atoms with Gasteiger partial charge in [0, 0.05) is 12.5 Å².